The van der Waals surface area contributed by atoms with Crippen molar-refractivity contribution in [3.63, 3.8) is 0 Å². The van der Waals surface area contributed by atoms with Gasteiger partial charge in [0.2, 0.25) is 0 Å². The molecular formula is C16H26BrNO. The smallest absolute Gasteiger partial charge is 0.119 e. The number of methoxy groups -OCH3 is 1. The Morgan fingerprint density at radius 3 is 2.63 bits per heavy atom. The van der Waals surface area contributed by atoms with Crippen LogP contribution in [0.2, 0.25) is 0 Å². The second-order valence-corrected chi connectivity index (χ2v) is 6.02. The van der Waals surface area contributed by atoms with E-state index in [0.29, 0.717) is 6.04 Å². The SMILES string of the molecule is CCNC(Cc1cc(OC)ccc1Br)CC(C)CC. The zero-order valence-electron chi connectivity index (χ0n) is 12.5. The Labute approximate surface area is 126 Å². The van der Waals surface area contributed by atoms with Gasteiger partial charge in [0.15, 0.2) is 0 Å². The average molecular weight is 328 g/mol. The minimum atomic E-state index is 0.531. The molecular weight excluding hydrogens is 302 g/mol. The fourth-order valence-electron chi connectivity index (χ4n) is 2.28. The average Bonchev–Trinajstić information content (AvgIpc) is 2.41. The number of hydrogen-bond donors (Lipinski definition) is 1. The van der Waals surface area contributed by atoms with Crippen LogP contribution in [0.3, 0.4) is 0 Å². The first-order valence-corrected chi connectivity index (χ1v) is 7.95. The minimum absolute atomic E-state index is 0.531. The standard InChI is InChI=1S/C16H26BrNO/c1-5-12(3)9-14(18-6-2)10-13-11-15(19-4)7-8-16(13)17/h7-8,11-12,14,18H,5-6,9-10H2,1-4H3. The maximum Gasteiger partial charge on any atom is 0.119 e. The lowest BCUT2D eigenvalue weighted by Crippen LogP contribution is -2.32. The van der Waals surface area contributed by atoms with Crippen molar-refractivity contribution in [3.05, 3.63) is 28.2 Å². The van der Waals surface area contributed by atoms with Gasteiger partial charge in [0.1, 0.15) is 5.75 Å². The highest BCUT2D eigenvalue weighted by atomic mass is 79.9. The van der Waals surface area contributed by atoms with E-state index in [0.717, 1.165) is 24.6 Å². The molecule has 0 aromatic heterocycles. The van der Waals surface area contributed by atoms with Crippen LogP contribution in [-0.2, 0) is 6.42 Å². The molecule has 0 radical (unpaired) electrons. The van der Waals surface area contributed by atoms with Gasteiger partial charge in [0.25, 0.3) is 0 Å². The van der Waals surface area contributed by atoms with Gasteiger partial charge in [0, 0.05) is 10.5 Å². The highest BCUT2D eigenvalue weighted by Gasteiger charge is 2.14. The monoisotopic (exact) mass is 327 g/mol. The van der Waals surface area contributed by atoms with Crippen LogP contribution in [0.5, 0.6) is 5.75 Å². The molecule has 3 heteroatoms. The molecule has 0 saturated carbocycles. The number of ether oxygens (including phenoxy) is 1. The maximum absolute atomic E-state index is 5.31. The zero-order valence-corrected chi connectivity index (χ0v) is 14.1. The Morgan fingerprint density at radius 1 is 1.32 bits per heavy atom. The predicted molar refractivity (Wildman–Crippen MR) is 85.9 cm³/mol. The Kier molecular flexibility index (Phi) is 7.47. The number of halogens is 1. The molecule has 0 aliphatic rings. The van der Waals surface area contributed by atoms with Gasteiger partial charge >= 0.3 is 0 Å². The topological polar surface area (TPSA) is 21.3 Å². The summed E-state index contributed by atoms with van der Waals surface area (Å²) >= 11 is 3.64. The summed E-state index contributed by atoms with van der Waals surface area (Å²) in [5.74, 6) is 1.69. The molecule has 108 valence electrons. The van der Waals surface area contributed by atoms with Crippen molar-refractivity contribution >= 4 is 15.9 Å². The second-order valence-electron chi connectivity index (χ2n) is 5.17. The Hall–Kier alpha value is -0.540. The Bertz CT molecular complexity index is 381. The molecule has 2 nitrogen and oxygen atoms in total. The summed E-state index contributed by atoms with van der Waals surface area (Å²) in [6.45, 7) is 7.77. The van der Waals surface area contributed by atoms with Gasteiger partial charge in [-0.15, -0.1) is 0 Å². The lowest BCUT2D eigenvalue weighted by atomic mass is 9.94. The zero-order chi connectivity index (χ0) is 14.3. The molecule has 0 fully saturated rings. The third-order valence-corrected chi connectivity index (χ3v) is 4.37. The van der Waals surface area contributed by atoms with E-state index < -0.39 is 0 Å². The first-order chi connectivity index (χ1) is 9.10. The quantitative estimate of drug-likeness (QED) is 0.763. The molecule has 0 aliphatic heterocycles. The van der Waals surface area contributed by atoms with Gasteiger partial charge in [-0.05, 0) is 49.1 Å². The summed E-state index contributed by atoms with van der Waals surface area (Å²) in [5.41, 5.74) is 1.31. The molecule has 1 aromatic rings. The van der Waals surface area contributed by atoms with Crippen LogP contribution in [0.25, 0.3) is 0 Å². The van der Waals surface area contributed by atoms with E-state index in [9.17, 15) is 0 Å². The normalized spacial score (nSPS) is 14.2. The van der Waals surface area contributed by atoms with Crippen LogP contribution in [0.1, 0.15) is 39.2 Å². The van der Waals surface area contributed by atoms with E-state index in [4.69, 9.17) is 4.74 Å². The molecule has 2 atom stereocenters. The molecule has 2 unspecified atom stereocenters. The number of benzene rings is 1. The number of rotatable bonds is 8. The van der Waals surface area contributed by atoms with Crippen LogP contribution >= 0.6 is 15.9 Å². The summed E-state index contributed by atoms with van der Waals surface area (Å²) in [6, 6.07) is 6.72. The summed E-state index contributed by atoms with van der Waals surface area (Å²) < 4.78 is 6.48. The summed E-state index contributed by atoms with van der Waals surface area (Å²) in [7, 11) is 1.72. The van der Waals surface area contributed by atoms with E-state index in [1.54, 1.807) is 7.11 Å². The molecule has 1 aromatic carbocycles. The van der Waals surface area contributed by atoms with Crippen molar-refractivity contribution in [2.24, 2.45) is 5.92 Å². The highest BCUT2D eigenvalue weighted by molar-refractivity contribution is 9.10. The third kappa shape index (κ3) is 5.53. The van der Waals surface area contributed by atoms with Crippen molar-refractivity contribution in [3.8, 4) is 5.75 Å². The van der Waals surface area contributed by atoms with Gasteiger partial charge in [-0.2, -0.15) is 0 Å². The molecule has 0 amide bonds. The molecule has 1 rings (SSSR count). The maximum atomic E-state index is 5.31. The van der Waals surface area contributed by atoms with Gasteiger partial charge in [-0.25, -0.2) is 0 Å². The van der Waals surface area contributed by atoms with E-state index in [1.807, 2.05) is 6.07 Å². The van der Waals surface area contributed by atoms with Gasteiger partial charge in [-0.1, -0.05) is 43.1 Å². The molecule has 0 heterocycles. The van der Waals surface area contributed by atoms with Crippen molar-refractivity contribution in [2.75, 3.05) is 13.7 Å². The van der Waals surface area contributed by atoms with E-state index in [2.05, 4.69) is 54.2 Å². The second kappa shape index (κ2) is 8.60. The molecule has 0 saturated heterocycles. The summed E-state index contributed by atoms with van der Waals surface area (Å²) in [4.78, 5) is 0. The highest BCUT2D eigenvalue weighted by Crippen LogP contribution is 2.25. The summed E-state index contributed by atoms with van der Waals surface area (Å²) in [6.07, 6.45) is 3.49. The molecule has 19 heavy (non-hydrogen) atoms. The van der Waals surface area contributed by atoms with Crippen molar-refractivity contribution in [1.82, 2.24) is 5.32 Å². The Balaban J connectivity index is 2.77. The van der Waals surface area contributed by atoms with Crippen LogP contribution < -0.4 is 10.1 Å². The van der Waals surface area contributed by atoms with Gasteiger partial charge in [0.05, 0.1) is 7.11 Å². The molecule has 1 N–H and O–H groups in total. The van der Waals surface area contributed by atoms with E-state index in [-0.39, 0.29) is 0 Å². The lowest BCUT2D eigenvalue weighted by Gasteiger charge is -2.22. The van der Waals surface area contributed by atoms with Crippen LogP contribution in [-0.4, -0.2) is 19.7 Å². The predicted octanol–water partition coefficient (Wildman–Crippen LogP) is 4.41. The number of likely N-dealkylation sites (N-methyl/N-ethyl adjacent to an activating group) is 1. The first-order valence-electron chi connectivity index (χ1n) is 7.16. The van der Waals surface area contributed by atoms with Crippen molar-refractivity contribution in [2.45, 2.75) is 46.1 Å². The fraction of sp³-hybridized carbons (Fsp3) is 0.625. The molecule has 0 spiro atoms. The van der Waals surface area contributed by atoms with E-state index >= 15 is 0 Å². The lowest BCUT2D eigenvalue weighted by molar-refractivity contribution is 0.394. The van der Waals surface area contributed by atoms with Crippen molar-refractivity contribution in [1.29, 1.82) is 0 Å². The largest absolute Gasteiger partial charge is 0.497 e. The molecule has 0 bridgehead atoms. The minimum Gasteiger partial charge on any atom is -0.497 e. The Morgan fingerprint density at radius 2 is 2.05 bits per heavy atom. The van der Waals surface area contributed by atoms with Crippen LogP contribution in [0.4, 0.5) is 0 Å². The summed E-state index contributed by atoms with van der Waals surface area (Å²) in [5, 5.41) is 3.60. The fourth-order valence-corrected chi connectivity index (χ4v) is 2.69. The van der Waals surface area contributed by atoms with Gasteiger partial charge < -0.3 is 10.1 Å². The first kappa shape index (κ1) is 16.5. The number of nitrogens with one attached hydrogen (secondary N) is 1. The van der Waals surface area contributed by atoms with E-state index in [1.165, 1.54) is 22.9 Å². The number of hydrogen-bond acceptors (Lipinski definition) is 2. The third-order valence-electron chi connectivity index (χ3n) is 3.60. The van der Waals surface area contributed by atoms with Crippen molar-refractivity contribution < 1.29 is 4.74 Å². The molecule has 0 aliphatic carbocycles. The van der Waals surface area contributed by atoms with Crippen LogP contribution in [0.15, 0.2) is 22.7 Å². The van der Waals surface area contributed by atoms with Gasteiger partial charge in [-0.3, -0.25) is 0 Å². The van der Waals surface area contributed by atoms with Crippen LogP contribution in [0, 0.1) is 5.92 Å².